The summed E-state index contributed by atoms with van der Waals surface area (Å²) in [6.07, 6.45) is 3.85. The molecule has 166 valence electrons. The zero-order valence-electron chi connectivity index (χ0n) is 17.8. The number of methoxy groups -OCH3 is 1. The number of carbonyl (C=O) groups is 1. The Balaban J connectivity index is 1.74. The Morgan fingerprint density at radius 1 is 1.28 bits per heavy atom. The van der Waals surface area contributed by atoms with Crippen LogP contribution in [0, 0.1) is 0 Å². The number of pyridine rings is 1. The number of anilines is 2. The van der Waals surface area contributed by atoms with E-state index in [1.165, 1.54) is 7.11 Å². The summed E-state index contributed by atoms with van der Waals surface area (Å²) in [7, 11) is 1.47. The molecule has 0 saturated carbocycles. The molecule has 9 heteroatoms. The van der Waals surface area contributed by atoms with Crippen LogP contribution in [0.15, 0.2) is 60.9 Å². The van der Waals surface area contributed by atoms with Crippen LogP contribution in [0.25, 0.3) is 0 Å². The number of hydrogen-bond acceptors (Lipinski definition) is 4. The maximum Gasteiger partial charge on any atom is 0.250 e. The van der Waals surface area contributed by atoms with Gasteiger partial charge in [0.05, 0.1) is 22.4 Å². The molecule has 1 fully saturated rings. The number of halogens is 1. The lowest BCUT2D eigenvalue weighted by Gasteiger charge is -2.29. The molecule has 2 aromatic heterocycles. The molecule has 0 bridgehead atoms. The number of amides is 1. The summed E-state index contributed by atoms with van der Waals surface area (Å²) in [6, 6.07) is 15.2. The highest BCUT2D eigenvalue weighted by molar-refractivity contribution is 7.80. The molecule has 0 aliphatic carbocycles. The van der Waals surface area contributed by atoms with Gasteiger partial charge in [0, 0.05) is 37.4 Å². The maximum atomic E-state index is 11.9. The third-order valence-corrected chi connectivity index (χ3v) is 6.01. The zero-order chi connectivity index (χ0) is 22.7. The summed E-state index contributed by atoms with van der Waals surface area (Å²) in [5.41, 5.74) is 3.36. The molecule has 1 saturated heterocycles. The Hall–Kier alpha value is -2.94. The topological polar surface area (TPSA) is 71.4 Å². The summed E-state index contributed by atoms with van der Waals surface area (Å²) in [4.78, 5) is 18.5. The Morgan fingerprint density at radius 2 is 2.12 bits per heavy atom. The smallest absolute Gasteiger partial charge is 0.250 e. The summed E-state index contributed by atoms with van der Waals surface area (Å²) in [6.45, 7) is 2.90. The van der Waals surface area contributed by atoms with Crippen molar-refractivity contribution in [3.05, 3.63) is 77.3 Å². The highest BCUT2D eigenvalue weighted by Crippen LogP contribution is 2.42. The van der Waals surface area contributed by atoms with Gasteiger partial charge in [-0.1, -0.05) is 17.7 Å². The van der Waals surface area contributed by atoms with Crippen LogP contribution in [-0.2, 0) is 16.1 Å². The van der Waals surface area contributed by atoms with Crippen molar-refractivity contribution in [3.63, 3.8) is 0 Å². The van der Waals surface area contributed by atoms with Crippen LogP contribution < -0.4 is 15.5 Å². The largest absolute Gasteiger partial charge is 0.375 e. The number of carbonyl (C=O) groups excluding carboxylic acids is 1. The van der Waals surface area contributed by atoms with Crippen molar-refractivity contribution >= 4 is 46.2 Å². The van der Waals surface area contributed by atoms with Gasteiger partial charge in [-0.2, -0.15) is 0 Å². The van der Waals surface area contributed by atoms with E-state index >= 15 is 0 Å². The minimum absolute atomic E-state index is 0.0416. The third kappa shape index (κ3) is 4.34. The first-order chi connectivity index (χ1) is 15.5. The standard InChI is InChI=1S/C23H24ClN5O2S/c1-3-28-12-6-8-19(28)22-21(18-7-4-5-11-25-18)27-23(32)29(22)15-9-10-17(16(24)13-15)26-20(30)14-31-2/h4-13,21-22H,3,14H2,1-2H3,(H,26,30)(H,27,32). The molecular formula is C23H24ClN5O2S. The number of rotatable bonds is 7. The van der Waals surface area contributed by atoms with E-state index in [0.717, 1.165) is 23.6 Å². The van der Waals surface area contributed by atoms with Gasteiger partial charge in [-0.25, -0.2) is 0 Å². The van der Waals surface area contributed by atoms with Crippen LogP contribution in [0.2, 0.25) is 5.02 Å². The number of thiocarbonyl (C=S) groups is 1. The summed E-state index contributed by atoms with van der Waals surface area (Å²) < 4.78 is 7.07. The first-order valence-corrected chi connectivity index (χ1v) is 11.1. The van der Waals surface area contributed by atoms with Crippen molar-refractivity contribution in [2.75, 3.05) is 23.9 Å². The lowest BCUT2D eigenvalue weighted by molar-refractivity contribution is -0.119. The number of nitrogens with zero attached hydrogens (tertiary/aromatic N) is 3. The van der Waals surface area contributed by atoms with Gasteiger partial charge in [0.1, 0.15) is 12.6 Å². The molecular weight excluding hydrogens is 446 g/mol. The van der Waals surface area contributed by atoms with E-state index in [0.29, 0.717) is 15.8 Å². The summed E-state index contributed by atoms with van der Waals surface area (Å²) in [5, 5.41) is 7.20. The van der Waals surface area contributed by atoms with Crippen molar-refractivity contribution in [1.29, 1.82) is 0 Å². The molecule has 4 rings (SSSR count). The Labute approximate surface area is 197 Å². The Morgan fingerprint density at radius 3 is 2.81 bits per heavy atom. The van der Waals surface area contributed by atoms with Gasteiger partial charge in [-0.05, 0) is 61.6 Å². The van der Waals surface area contributed by atoms with E-state index in [-0.39, 0.29) is 24.6 Å². The summed E-state index contributed by atoms with van der Waals surface area (Å²) >= 11 is 12.3. The summed E-state index contributed by atoms with van der Waals surface area (Å²) in [5.74, 6) is -0.269. The second kappa shape index (κ2) is 9.68. The zero-order valence-corrected chi connectivity index (χ0v) is 19.4. The molecule has 7 nitrogen and oxygen atoms in total. The average Bonchev–Trinajstić information content (AvgIpc) is 3.39. The highest BCUT2D eigenvalue weighted by Gasteiger charge is 2.42. The molecule has 3 aromatic rings. The molecule has 2 N–H and O–H groups in total. The minimum Gasteiger partial charge on any atom is -0.375 e. The third-order valence-electron chi connectivity index (χ3n) is 5.39. The normalized spacial score (nSPS) is 18.0. The molecule has 0 spiro atoms. The molecule has 32 heavy (non-hydrogen) atoms. The first kappa shape index (κ1) is 22.3. The lowest BCUT2D eigenvalue weighted by atomic mass is 10.0. The van der Waals surface area contributed by atoms with Crippen molar-refractivity contribution < 1.29 is 9.53 Å². The van der Waals surface area contributed by atoms with Crippen LogP contribution in [0.5, 0.6) is 0 Å². The number of nitrogens with one attached hydrogen (secondary N) is 2. The molecule has 0 radical (unpaired) electrons. The second-order valence-corrected chi connectivity index (χ2v) is 8.15. The van der Waals surface area contributed by atoms with Crippen LogP contribution >= 0.6 is 23.8 Å². The number of hydrogen-bond donors (Lipinski definition) is 2. The van der Waals surface area contributed by atoms with Gasteiger partial charge in [-0.3, -0.25) is 9.78 Å². The van der Waals surface area contributed by atoms with E-state index in [2.05, 4.69) is 44.3 Å². The highest BCUT2D eigenvalue weighted by atomic mass is 35.5. The molecule has 1 aliphatic heterocycles. The van der Waals surface area contributed by atoms with E-state index < -0.39 is 0 Å². The van der Waals surface area contributed by atoms with E-state index in [4.69, 9.17) is 28.6 Å². The number of benzene rings is 1. The number of aryl methyl sites for hydroxylation is 1. The van der Waals surface area contributed by atoms with E-state index in [9.17, 15) is 4.79 Å². The maximum absolute atomic E-state index is 11.9. The van der Waals surface area contributed by atoms with Gasteiger partial charge in [0.15, 0.2) is 5.11 Å². The van der Waals surface area contributed by atoms with E-state index in [1.807, 2.05) is 36.4 Å². The van der Waals surface area contributed by atoms with Gasteiger partial charge < -0.3 is 24.8 Å². The Kier molecular flexibility index (Phi) is 6.74. The number of aromatic nitrogens is 2. The average molecular weight is 470 g/mol. The monoisotopic (exact) mass is 469 g/mol. The van der Waals surface area contributed by atoms with E-state index in [1.54, 1.807) is 12.3 Å². The molecule has 1 amide bonds. The van der Waals surface area contributed by atoms with Crippen molar-refractivity contribution in [1.82, 2.24) is 14.9 Å². The quantitative estimate of drug-likeness (QED) is 0.502. The number of ether oxygens (including phenoxy) is 1. The molecule has 2 atom stereocenters. The SMILES string of the molecule is CCn1cccc1C1C(c2ccccn2)NC(=S)N1c1ccc(NC(=O)COC)c(Cl)c1. The fourth-order valence-electron chi connectivity index (χ4n) is 3.99. The van der Waals surface area contributed by atoms with Crippen LogP contribution in [0.1, 0.15) is 30.4 Å². The molecule has 3 heterocycles. The van der Waals surface area contributed by atoms with Gasteiger partial charge in [0.2, 0.25) is 5.91 Å². The predicted molar refractivity (Wildman–Crippen MR) is 130 cm³/mol. The van der Waals surface area contributed by atoms with Crippen LogP contribution in [0.4, 0.5) is 11.4 Å². The van der Waals surface area contributed by atoms with Crippen molar-refractivity contribution in [3.8, 4) is 0 Å². The molecule has 1 aromatic carbocycles. The second-order valence-electron chi connectivity index (χ2n) is 7.36. The lowest BCUT2D eigenvalue weighted by Crippen LogP contribution is -2.30. The van der Waals surface area contributed by atoms with Crippen LogP contribution in [-0.4, -0.2) is 34.3 Å². The predicted octanol–water partition coefficient (Wildman–Crippen LogP) is 4.32. The molecule has 1 aliphatic rings. The van der Waals surface area contributed by atoms with Crippen molar-refractivity contribution in [2.24, 2.45) is 0 Å². The Bertz CT molecular complexity index is 1120. The minimum atomic E-state index is -0.269. The van der Waals surface area contributed by atoms with Gasteiger partial charge in [-0.15, -0.1) is 0 Å². The van der Waals surface area contributed by atoms with Gasteiger partial charge in [0.25, 0.3) is 0 Å². The van der Waals surface area contributed by atoms with Crippen molar-refractivity contribution in [2.45, 2.75) is 25.6 Å². The fourth-order valence-corrected chi connectivity index (χ4v) is 4.56. The first-order valence-electron chi connectivity index (χ1n) is 10.3. The van der Waals surface area contributed by atoms with Crippen LogP contribution in [0.3, 0.4) is 0 Å². The molecule has 2 unspecified atom stereocenters. The van der Waals surface area contributed by atoms with Gasteiger partial charge >= 0.3 is 0 Å². The fraction of sp³-hybridized carbons (Fsp3) is 0.261.